The van der Waals surface area contributed by atoms with Crippen molar-refractivity contribution in [1.29, 1.82) is 0 Å². The second kappa shape index (κ2) is 15.8. The number of nitrogens with zero attached hydrogens (tertiary/aromatic N) is 3. The van der Waals surface area contributed by atoms with Crippen molar-refractivity contribution in [3.8, 4) is 17.1 Å². The summed E-state index contributed by atoms with van der Waals surface area (Å²) < 4.78 is 37.4. The number of carbonyl (C=O) groups excluding carboxylic acids is 2. The number of alkyl halides is 3. The second-order valence-corrected chi connectivity index (χ2v) is 10.7. The van der Waals surface area contributed by atoms with Crippen LogP contribution in [0, 0.1) is 0 Å². The van der Waals surface area contributed by atoms with Crippen LogP contribution < -0.4 is 10.1 Å². The zero-order chi connectivity index (χ0) is 34.0. The first kappa shape index (κ1) is 34.6. The quantitative estimate of drug-likeness (QED) is 0.105. The Morgan fingerprint density at radius 2 is 1.83 bits per heavy atom. The lowest BCUT2D eigenvalue weighted by Gasteiger charge is -2.17. The van der Waals surface area contributed by atoms with Crippen molar-refractivity contribution >= 4 is 39.5 Å². The molecular formula is C33H35F3N6O5. The minimum Gasteiger partial charge on any atom is -0.496 e. The molecule has 0 saturated carbocycles. The third-order valence-corrected chi connectivity index (χ3v) is 7.44. The zero-order valence-corrected chi connectivity index (χ0v) is 25.9. The molecular weight excluding hydrogens is 617 g/mol. The Balaban J connectivity index is 0.000000644. The molecule has 1 amide bonds. The first-order valence-corrected chi connectivity index (χ1v) is 15.0. The van der Waals surface area contributed by atoms with E-state index in [9.17, 15) is 22.8 Å². The summed E-state index contributed by atoms with van der Waals surface area (Å²) in [5.74, 6) is -1.17. The van der Waals surface area contributed by atoms with Crippen molar-refractivity contribution in [1.82, 2.24) is 30.2 Å². The Morgan fingerprint density at radius 3 is 2.55 bits per heavy atom. The molecule has 11 nitrogen and oxygen atoms in total. The van der Waals surface area contributed by atoms with Gasteiger partial charge in [-0.25, -0.2) is 14.8 Å². The number of carboxylic acid groups (broad SMARTS) is 1. The third-order valence-electron chi connectivity index (χ3n) is 7.44. The largest absolute Gasteiger partial charge is 0.496 e. The van der Waals surface area contributed by atoms with Crippen LogP contribution in [-0.4, -0.2) is 61.0 Å². The molecule has 0 unspecified atom stereocenters. The minimum atomic E-state index is -5.08. The molecule has 5 aromatic rings. The third kappa shape index (κ3) is 9.37. The minimum absolute atomic E-state index is 0.0978. The van der Waals surface area contributed by atoms with E-state index >= 15 is 0 Å². The summed E-state index contributed by atoms with van der Waals surface area (Å²) in [6.45, 7) is 1.89. The molecule has 1 atom stereocenters. The number of ether oxygens (including phenoxy) is 1. The molecule has 14 heteroatoms. The van der Waals surface area contributed by atoms with Crippen LogP contribution in [0.2, 0.25) is 0 Å². The topological polar surface area (TPSA) is 163 Å². The van der Waals surface area contributed by atoms with Gasteiger partial charge >= 0.3 is 12.1 Å². The zero-order valence-electron chi connectivity index (χ0n) is 25.9. The van der Waals surface area contributed by atoms with E-state index in [1.807, 2.05) is 49.5 Å². The smallest absolute Gasteiger partial charge is 0.490 e. The normalized spacial score (nSPS) is 11.9. The lowest BCUT2D eigenvalue weighted by Crippen LogP contribution is -2.30. The van der Waals surface area contributed by atoms with E-state index in [4.69, 9.17) is 19.6 Å². The number of aromatic nitrogens is 5. The van der Waals surface area contributed by atoms with Crippen molar-refractivity contribution in [2.75, 3.05) is 7.11 Å². The van der Waals surface area contributed by atoms with Crippen molar-refractivity contribution in [2.45, 2.75) is 64.1 Å². The number of imidazole rings is 1. The lowest BCUT2D eigenvalue weighted by atomic mass is 10.0. The molecule has 4 aromatic heterocycles. The van der Waals surface area contributed by atoms with Crippen molar-refractivity contribution in [2.24, 2.45) is 0 Å². The summed E-state index contributed by atoms with van der Waals surface area (Å²) in [6.07, 6.45) is 6.72. The average Bonchev–Trinajstić information content (AvgIpc) is 3.71. The number of aromatic amines is 2. The van der Waals surface area contributed by atoms with E-state index in [-0.39, 0.29) is 24.2 Å². The van der Waals surface area contributed by atoms with Crippen LogP contribution in [0.15, 0.2) is 61.2 Å². The molecule has 248 valence electrons. The number of hydrogen-bond acceptors (Lipinski definition) is 7. The van der Waals surface area contributed by atoms with Gasteiger partial charge in [0.05, 0.1) is 42.7 Å². The second-order valence-electron chi connectivity index (χ2n) is 10.7. The van der Waals surface area contributed by atoms with E-state index in [2.05, 4.69) is 25.3 Å². The fourth-order valence-corrected chi connectivity index (χ4v) is 4.98. The SMILES string of the molecule is CCC(=O)CCCCC[C@H](NC(=O)Cc1c[nH]c2ccncc12)c1ncc(-c2cc(OC)c3ccccc3n2)[nH]1.O=C(O)C(F)(F)F. The average molecular weight is 653 g/mol. The van der Waals surface area contributed by atoms with Gasteiger partial charge in [-0.05, 0) is 36.6 Å². The number of methoxy groups -OCH3 is 1. The molecule has 0 aliphatic heterocycles. The number of unbranched alkanes of at least 4 members (excludes halogenated alkanes) is 2. The molecule has 4 heterocycles. The molecule has 4 N–H and O–H groups in total. The van der Waals surface area contributed by atoms with Crippen molar-refractivity contribution < 1.29 is 37.4 Å². The number of carbonyl (C=O) groups is 3. The number of halogens is 3. The van der Waals surface area contributed by atoms with Crippen molar-refractivity contribution in [3.05, 3.63) is 72.6 Å². The Kier molecular flexibility index (Phi) is 11.7. The molecule has 47 heavy (non-hydrogen) atoms. The highest BCUT2D eigenvalue weighted by molar-refractivity contribution is 5.89. The van der Waals surface area contributed by atoms with E-state index in [1.54, 1.807) is 25.7 Å². The van der Waals surface area contributed by atoms with E-state index in [1.165, 1.54) is 0 Å². The van der Waals surface area contributed by atoms with Gasteiger partial charge in [-0.2, -0.15) is 13.2 Å². The Morgan fingerprint density at radius 1 is 1.06 bits per heavy atom. The molecule has 0 aliphatic carbocycles. The number of H-pyrrole nitrogens is 2. The molecule has 0 radical (unpaired) electrons. The van der Waals surface area contributed by atoms with Gasteiger partial charge in [-0.1, -0.05) is 31.9 Å². The molecule has 0 saturated heterocycles. The first-order valence-electron chi connectivity index (χ1n) is 15.0. The fraction of sp³-hybridized carbons (Fsp3) is 0.333. The summed E-state index contributed by atoms with van der Waals surface area (Å²) >= 11 is 0. The predicted molar refractivity (Wildman–Crippen MR) is 169 cm³/mol. The van der Waals surface area contributed by atoms with Gasteiger partial charge < -0.3 is 25.1 Å². The van der Waals surface area contributed by atoms with Gasteiger partial charge in [-0.3, -0.25) is 14.6 Å². The number of nitrogens with one attached hydrogen (secondary N) is 3. The number of carboxylic acids is 1. The number of benzene rings is 1. The highest BCUT2D eigenvalue weighted by Gasteiger charge is 2.38. The van der Waals surface area contributed by atoms with Gasteiger partial charge in [0.25, 0.3) is 0 Å². The van der Waals surface area contributed by atoms with Crippen molar-refractivity contribution in [3.63, 3.8) is 0 Å². The van der Waals surface area contributed by atoms with Crippen LogP contribution in [0.25, 0.3) is 33.2 Å². The highest BCUT2D eigenvalue weighted by Crippen LogP contribution is 2.30. The number of rotatable bonds is 13. The highest BCUT2D eigenvalue weighted by atomic mass is 19.4. The molecule has 1 aromatic carbocycles. The number of fused-ring (bicyclic) bond motifs is 2. The summed E-state index contributed by atoms with van der Waals surface area (Å²) in [5, 5.41) is 12.2. The molecule has 5 rings (SSSR count). The standard InChI is InChI=1S/C31H34N6O3.C2HF3O2/c1-3-21(38)9-5-4-6-12-26(36-30(39)15-20-17-33-24-13-14-32-18-23(20)24)31-34-19-28(37-31)27-16-29(40-2)22-10-7-8-11-25(22)35-27;3-2(4,5)1(6)7/h7-8,10-11,13-14,16-19,26,33H,3-6,9,12,15H2,1-2H3,(H,34,37)(H,36,39);(H,6,7)/t26-;/m0./s1. The van der Waals surface area contributed by atoms with Crippen LogP contribution in [0.5, 0.6) is 5.75 Å². The van der Waals surface area contributed by atoms with E-state index in [0.29, 0.717) is 30.8 Å². The maximum atomic E-state index is 13.2. The maximum Gasteiger partial charge on any atom is 0.490 e. The lowest BCUT2D eigenvalue weighted by molar-refractivity contribution is -0.192. The number of amides is 1. The van der Waals surface area contributed by atoms with Crippen LogP contribution in [0.1, 0.15) is 62.9 Å². The van der Waals surface area contributed by atoms with Crippen LogP contribution in [0.3, 0.4) is 0 Å². The van der Waals surface area contributed by atoms with Gasteiger partial charge in [-0.15, -0.1) is 0 Å². The maximum absolute atomic E-state index is 13.2. The Bertz CT molecular complexity index is 1830. The van der Waals surface area contributed by atoms with Gasteiger partial charge in [0.1, 0.15) is 17.4 Å². The summed E-state index contributed by atoms with van der Waals surface area (Å²) in [5.41, 5.74) is 4.13. The number of ketones is 1. The molecule has 0 spiro atoms. The Labute approximate surface area is 268 Å². The van der Waals surface area contributed by atoms with Gasteiger partial charge in [0, 0.05) is 53.8 Å². The molecule has 0 aliphatic rings. The predicted octanol–water partition coefficient (Wildman–Crippen LogP) is 6.47. The van der Waals surface area contributed by atoms with Gasteiger partial charge in [0.2, 0.25) is 5.91 Å². The molecule has 0 bridgehead atoms. The number of Topliss-reactive ketones (excluding diaryl/α,β-unsaturated/α-hetero) is 1. The van der Waals surface area contributed by atoms with Crippen LogP contribution in [-0.2, 0) is 20.8 Å². The van der Waals surface area contributed by atoms with E-state index < -0.39 is 12.1 Å². The van der Waals surface area contributed by atoms with Gasteiger partial charge in [0.15, 0.2) is 0 Å². The summed E-state index contributed by atoms with van der Waals surface area (Å²) in [7, 11) is 1.65. The summed E-state index contributed by atoms with van der Waals surface area (Å²) in [4.78, 5) is 54.0. The Hall–Kier alpha value is -5.27. The number of pyridine rings is 2. The van der Waals surface area contributed by atoms with Crippen LogP contribution >= 0.6 is 0 Å². The first-order chi connectivity index (χ1) is 22.5. The van der Waals surface area contributed by atoms with Crippen LogP contribution in [0.4, 0.5) is 13.2 Å². The monoisotopic (exact) mass is 652 g/mol. The number of aliphatic carboxylic acids is 1. The molecule has 0 fully saturated rings. The summed E-state index contributed by atoms with van der Waals surface area (Å²) in [6, 6.07) is 11.3. The number of hydrogen-bond donors (Lipinski definition) is 4. The number of para-hydroxylation sites is 1. The van der Waals surface area contributed by atoms with E-state index in [0.717, 1.165) is 58.1 Å². The fourth-order valence-electron chi connectivity index (χ4n) is 4.98.